The Hall–Kier alpha value is -1.68. The van der Waals surface area contributed by atoms with Crippen molar-refractivity contribution in [3.63, 3.8) is 0 Å². The molecular weight excluding hydrogens is 170 g/mol. The highest BCUT2D eigenvalue weighted by atomic mass is 16.4. The molecule has 0 atom stereocenters. The maximum absolute atomic E-state index is 10.1. The minimum absolute atomic E-state index is 0.108. The molecule has 1 aromatic rings. The fraction of sp³-hybridized carbons (Fsp3) is 0.111. The van der Waals surface area contributed by atoms with Gasteiger partial charge in [0.15, 0.2) is 0 Å². The van der Waals surface area contributed by atoms with Crippen LogP contribution in [0.15, 0.2) is 24.4 Å². The van der Waals surface area contributed by atoms with Gasteiger partial charge in [-0.15, -0.1) is 0 Å². The smallest absolute Gasteiger partial charge is 0.328 e. The number of carboxylic acids is 1. The number of carbonyl (C=O) groups is 1. The molecule has 0 amide bonds. The van der Waals surface area contributed by atoms with Crippen molar-refractivity contribution in [2.75, 3.05) is 0 Å². The number of aliphatic hydroxyl groups excluding tert-OH is 1. The zero-order valence-electron chi connectivity index (χ0n) is 6.84. The molecule has 13 heavy (non-hydrogen) atoms. The average molecular weight is 179 g/mol. The molecule has 68 valence electrons. The van der Waals surface area contributed by atoms with Crippen molar-refractivity contribution in [3.05, 3.63) is 35.7 Å². The lowest BCUT2D eigenvalue weighted by Crippen LogP contribution is -1.89. The van der Waals surface area contributed by atoms with Crippen LogP contribution in [0.5, 0.6) is 0 Å². The van der Waals surface area contributed by atoms with Gasteiger partial charge >= 0.3 is 5.97 Å². The molecule has 0 bridgehead atoms. The van der Waals surface area contributed by atoms with E-state index in [0.29, 0.717) is 11.3 Å². The molecule has 0 aromatic carbocycles. The first-order valence-corrected chi connectivity index (χ1v) is 3.69. The predicted octanol–water partition coefficient (Wildman–Crippen LogP) is 0.672. The van der Waals surface area contributed by atoms with Crippen molar-refractivity contribution in [2.45, 2.75) is 6.61 Å². The van der Waals surface area contributed by atoms with E-state index < -0.39 is 5.97 Å². The molecule has 1 aromatic heterocycles. The molecule has 0 fully saturated rings. The van der Waals surface area contributed by atoms with Gasteiger partial charge in [-0.3, -0.25) is 4.98 Å². The maximum atomic E-state index is 10.1. The van der Waals surface area contributed by atoms with E-state index in [1.165, 1.54) is 12.3 Å². The lowest BCUT2D eigenvalue weighted by Gasteiger charge is -1.94. The fourth-order valence-corrected chi connectivity index (χ4v) is 0.796. The molecule has 0 spiro atoms. The van der Waals surface area contributed by atoms with Crippen molar-refractivity contribution >= 4 is 12.0 Å². The summed E-state index contributed by atoms with van der Waals surface area (Å²) in [6, 6.07) is 3.33. The van der Waals surface area contributed by atoms with Gasteiger partial charge in [0.1, 0.15) is 0 Å². The molecule has 4 heteroatoms. The third-order valence-corrected chi connectivity index (χ3v) is 1.43. The van der Waals surface area contributed by atoms with E-state index in [4.69, 9.17) is 10.2 Å². The second kappa shape index (κ2) is 4.37. The second-order valence-electron chi connectivity index (χ2n) is 2.41. The molecular formula is C9H9NO3. The topological polar surface area (TPSA) is 70.4 Å². The molecule has 0 saturated carbocycles. The Bertz CT molecular complexity index is 316. The highest BCUT2D eigenvalue weighted by Crippen LogP contribution is 2.02. The zero-order valence-corrected chi connectivity index (χ0v) is 6.84. The Morgan fingerprint density at radius 1 is 1.54 bits per heavy atom. The van der Waals surface area contributed by atoms with Crippen LogP contribution in [0.1, 0.15) is 11.3 Å². The molecule has 1 heterocycles. The van der Waals surface area contributed by atoms with E-state index in [-0.39, 0.29) is 6.61 Å². The molecule has 0 aliphatic heterocycles. The van der Waals surface area contributed by atoms with Crippen molar-refractivity contribution in [2.24, 2.45) is 0 Å². The lowest BCUT2D eigenvalue weighted by molar-refractivity contribution is -0.131. The summed E-state index contributed by atoms with van der Waals surface area (Å²) in [5, 5.41) is 17.0. The first-order chi connectivity index (χ1) is 6.22. The molecule has 0 unspecified atom stereocenters. The SMILES string of the molecule is O=C(O)C=Cc1ccc(CO)nc1. The standard InChI is InChI=1S/C9H9NO3/c11-6-8-3-1-7(5-10-8)2-4-9(12)13/h1-5,11H,6H2,(H,12,13). The van der Waals surface area contributed by atoms with Crippen LogP contribution in [0.2, 0.25) is 0 Å². The summed E-state index contributed by atoms with van der Waals surface area (Å²) in [5.41, 5.74) is 1.26. The van der Waals surface area contributed by atoms with Gasteiger partial charge in [-0.25, -0.2) is 4.79 Å². The number of hydrogen-bond donors (Lipinski definition) is 2. The number of aromatic nitrogens is 1. The van der Waals surface area contributed by atoms with E-state index in [9.17, 15) is 4.79 Å². The van der Waals surface area contributed by atoms with Crippen molar-refractivity contribution in [1.82, 2.24) is 4.98 Å². The van der Waals surface area contributed by atoms with Gasteiger partial charge < -0.3 is 10.2 Å². The van der Waals surface area contributed by atoms with Gasteiger partial charge in [0.05, 0.1) is 12.3 Å². The van der Waals surface area contributed by atoms with Crippen molar-refractivity contribution in [3.8, 4) is 0 Å². The third kappa shape index (κ3) is 3.04. The Balaban J connectivity index is 2.75. The third-order valence-electron chi connectivity index (χ3n) is 1.43. The van der Waals surface area contributed by atoms with E-state index >= 15 is 0 Å². The Labute approximate surface area is 75.2 Å². The highest BCUT2D eigenvalue weighted by Gasteiger charge is 1.92. The summed E-state index contributed by atoms with van der Waals surface area (Å²) in [4.78, 5) is 14.0. The van der Waals surface area contributed by atoms with Crippen LogP contribution in [0.3, 0.4) is 0 Å². The number of rotatable bonds is 3. The van der Waals surface area contributed by atoms with Crippen molar-refractivity contribution < 1.29 is 15.0 Å². The average Bonchev–Trinajstić information content (AvgIpc) is 2.15. The van der Waals surface area contributed by atoms with Gasteiger partial charge in [0, 0.05) is 12.3 Å². The van der Waals surface area contributed by atoms with Crippen LogP contribution in [0.25, 0.3) is 6.08 Å². The summed E-state index contributed by atoms with van der Waals surface area (Å²) in [7, 11) is 0. The van der Waals surface area contributed by atoms with E-state index in [1.807, 2.05) is 0 Å². The highest BCUT2D eigenvalue weighted by molar-refractivity contribution is 5.85. The Morgan fingerprint density at radius 3 is 2.77 bits per heavy atom. The minimum atomic E-state index is -0.994. The second-order valence-corrected chi connectivity index (χ2v) is 2.41. The van der Waals surface area contributed by atoms with Gasteiger partial charge in [0.2, 0.25) is 0 Å². The molecule has 2 N–H and O–H groups in total. The van der Waals surface area contributed by atoms with Crippen molar-refractivity contribution in [1.29, 1.82) is 0 Å². The molecule has 0 aliphatic carbocycles. The summed E-state index contributed by atoms with van der Waals surface area (Å²) in [5.74, 6) is -0.994. The molecule has 4 nitrogen and oxygen atoms in total. The van der Waals surface area contributed by atoms with Crippen LogP contribution in [-0.4, -0.2) is 21.2 Å². The molecule has 0 radical (unpaired) electrons. The number of nitrogens with zero attached hydrogens (tertiary/aromatic N) is 1. The van der Waals surface area contributed by atoms with Gasteiger partial charge in [0.25, 0.3) is 0 Å². The first kappa shape index (κ1) is 9.41. The first-order valence-electron chi connectivity index (χ1n) is 3.69. The normalized spacial score (nSPS) is 10.5. The van der Waals surface area contributed by atoms with Crippen LogP contribution in [-0.2, 0) is 11.4 Å². The number of pyridine rings is 1. The number of hydrogen-bond acceptors (Lipinski definition) is 3. The summed E-state index contributed by atoms with van der Waals surface area (Å²) in [6.07, 6.45) is 3.98. The zero-order chi connectivity index (χ0) is 9.68. The maximum Gasteiger partial charge on any atom is 0.328 e. The quantitative estimate of drug-likeness (QED) is 0.669. The van der Waals surface area contributed by atoms with Gasteiger partial charge in [-0.05, 0) is 17.7 Å². The largest absolute Gasteiger partial charge is 0.478 e. The predicted molar refractivity (Wildman–Crippen MR) is 46.8 cm³/mol. The Kier molecular flexibility index (Phi) is 3.16. The van der Waals surface area contributed by atoms with Crippen LogP contribution >= 0.6 is 0 Å². The molecule has 1 rings (SSSR count). The van der Waals surface area contributed by atoms with Crippen LogP contribution in [0.4, 0.5) is 0 Å². The van der Waals surface area contributed by atoms with E-state index in [2.05, 4.69) is 4.98 Å². The summed E-state index contributed by atoms with van der Waals surface area (Å²) in [6.45, 7) is -0.108. The molecule has 0 aliphatic rings. The number of carboxylic acid groups (broad SMARTS) is 1. The summed E-state index contributed by atoms with van der Waals surface area (Å²) < 4.78 is 0. The monoisotopic (exact) mass is 179 g/mol. The van der Waals surface area contributed by atoms with Gasteiger partial charge in [-0.2, -0.15) is 0 Å². The number of aliphatic hydroxyl groups is 1. The summed E-state index contributed by atoms with van der Waals surface area (Å²) >= 11 is 0. The fourth-order valence-electron chi connectivity index (χ4n) is 0.796. The molecule has 0 saturated heterocycles. The lowest BCUT2D eigenvalue weighted by atomic mass is 10.2. The van der Waals surface area contributed by atoms with E-state index in [1.54, 1.807) is 12.1 Å². The van der Waals surface area contributed by atoms with Crippen LogP contribution < -0.4 is 0 Å². The minimum Gasteiger partial charge on any atom is -0.478 e. The Morgan fingerprint density at radius 2 is 2.31 bits per heavy atom. The van der Waals surface area contributed by atoms with Gasteiger partial charge in [-0.1, -0.05) is 6.07 Å². The van der Waals surface area contributed by atoms with E-state index in [0.717, 1.165) is 6.08 Å². The number of aliphatic carboxylic acids is 1. The van der Waals surface area contributed by atoms with Crippen LogP contribution in [0, 0.1) is 0 Å².